The largest absolute Gasteiger partial charge is 0.461 e. The molecule has 0 saturated heterocycles. The summed E-state index contributed by atoms with van der Waals surface area (Å²) in [6.45, 7) is 4.53. The molecule has 3 unspecified atom stereocenters. The molecule has 3 nitrogen and oxygen atoms in total. The van der Waals surface area contributed by atoms with Gasteiger partial charge in [0.1, 0.15) is 11.6 Å². The summed E-state index contributed by atoms with van der Waals surface area (Å²) in [5, 5.41) is 0. The van der Waals surface area contributed by atoms with Gasteiger partial charge in [0.2, 0.25) is 0 Å². The van der Waals surface area contributed by atoms with Crippen molar-refractivity contribution in [2.24, 2.45) is 17.6 Å². The van der Waals surface area contributed by atoms with E-state index in [1.807, 2.05) is 0 Å². The van der Waals surface area contributed by atoms with Crippen LogP contribution >= 0.6 is 0 Å². The summed E-state index contributed by atoms with van der Waals surface area (Å²) in [5.74, 6) is 1.25. The molecule has 2 fully saturated rings. The Labute approximate surface area is 104 Å². The van der Waals surface area contributed by atoms with E-state index >= 15 is 0 Å². The van der Waals surface area contributed by atoms with Crippen molar-refractivity contribution in [1.29, 1.82) is 0 Å². The third-order valence-electron chi connectivity index (χ3n) is 4.73. The van der Waals surface area contributed by atoms with Gasteiger partial charge in [-0.1, -0.05) is 26.7 Å². The van der Waals surface area contributed by atoms with Gasteiger partial charge in [0, 0.05) is 0 Å². The van der Waals surface area contributed by atoms with Crippen molar-refractivity contribution in [2.75, 3.05) is 0 Å². The quantitative estimate of drug-likeness (QED) is 0.754. The molecule has 0 heterocycles. The Morgan fingerprint density at radius 2 is 1.82 bits per heavy atom. The first-order chi connectivity index (χ1) is 8.01. The van der Waals surface area contributed by atoms with Crippen LogP contribution in [0.25, 0.3) is 0 Å². The molecule has 0 aromatic carbocycles. The van der Waals surface area contributed by atoms with Gasteiger partial charge in [-0.2, -0.15) is 0 Å². The Hall–Kier alpha value is -0.570. The number of hydrogen-bond acceptors (Lipinski definition) is 3. The summed E-state index contributed by atoms with van der Waals surface area (Å²) in [7, 11) is 0. The first-order valence-corrected chi connectivity index (χ1v) is 7.01. The molecule has 0 radical (unpaired) electrons. The lowest BCUT2D eigenvalue weighted by Crippen LogP contribution is -2.48. The Kier molecular flexibility index (Phi) is 3.76. The summed E-state index contributed by atoms with van der Waals surface area (Å²) in [6, 6.07) is 0. The fourth-order valence-corrected chi connectivity index (χ4v) is 3.08. The zero-order valence-corrected chi connectivity index (χ0v) is 11.1. The van der Waals surface area contributed by atoms with E-state index in [1.54, 1.807) is 0 Å². The molecule has 17 heavy (non-hydrogen) atoms. The highest BCUT2D eigenvalue weighted by atomic mass is 16.5. The molecule has 3 heteroatoms. The number of nitrogens with two attached hydrogens (primary N) is 1. The average Bonchev–Trinajstić information content (AvgIpc) is 2.72. The molecule has 0 aliphatic heterocycles. The number of carbonyl (C=O) groups excluding carboxylic acids is 1. The van der Waals surface area contributed by atoms with E-state index in [1.165, 1.54) is 0 Å². The maximum Gasteiger partial charge on any atom is 0.326 e. The van der Waals surface area contributed by atoms with E-state index in [0.29, 0.717) is 5.92 Å². The van der Waals surface area contributed by atoms with Crippen molar-refractivity contribution in [1.82, 2.24) is 0 Å². The zero-order valence-electron chi connectivity index (χ0n) is 11.1. The number of carbonyl (C=O) groups is 1. The average molecular weight is 239 g/mol. The van der Waals surface area contributed by atoms with Crippen LogP contribution in [0, 0.1) is 11.8 Å². The summed E-state index contributed by atoms with van der Waals surface area (Å²) < 4.78 is 5.63. The zero-order chi connectivity index (χ0) is 12.5. The third-order valence-corrected chi connectivity index (χ3v) is 4.73. The molecule has 0 amide bonds. The fourth-order valence-electron chi connectivity index (χ4n) is 3.08. The minimum atomic E-state index is -0.674. The summed E-state index contributed by atoms with van der Waals surface area (Å²) in [4.78, 5) is 12.1. The minimum absolute atomic E-state index is 0.106. The predicted molar refractivity (Wildman–Crippen MR) is 67.4 cm³/mol. The lowest BCUT2D eigenvalue weighted by Gasteiger charge is -2.33. The van der Waals surface area contributed by atoms with Gasteiger partial charge in [-0.25, -0.2) is 0 Å². The van der Waals surface area contributed by atoms with Gasteiger partial charge in [0.25, 0.3) is 0 Å². The van der Waals surface area contributed by atoms with Crippen LogP contribution in [0.1, 0.15) is 58.8 Å². The summed E-state index contributed by atoms with van der Waals surface area (Å²) >= 11 is 0. The first-order valence-electron chi connectivity index (χ1n) is 7.01. The Morgan fingerprint density at radius 1 is 1.18 bits per heavy atom. The van der Waals surface area contributed by atoms with Crippen LogP contribution < -0.4 is 5.73 Å². The fraction of sp³-hybridized carbons (Fsp3) is 0.929. The molecule has 2 aliphatic carbocycles. The van der Waals surface area contributed by atoms with Crippen LogP contribution in [0.3, 0.4) is 0 Å². The van der Waals surface area contributed by atoms with Crippen molar-refractivity contribution in [3.63, 3.8) is 0 Å². The second-order valence-corrected chi connectivity index (χ2v) is 6.16. The molecule has 0 bridgehead atoms. The van der Waals surface area contributed by atoms with E-state index in [9.17, 15) is 4.79 Å². The van der Waals surface area contributed by atoms with Crippen molar-refractivity contribution in [3.8, 4) is 0 Å². The van der Waals surface area contributed by atoms with Crippen molar-refractivity contribution >= 4 is 5.97 Å². The van der Waals surface area contributed by atoms with Crippen LogP contribution in [-0.2, 0) is 9.53 Å². The topological polar surface area (TPSA) is 52.3 Å². The molecule has 2 aliphatic rings. The maximum atomic E-state index is 12.1. The Morgan fingerprint density at radius 3 is 2.41 bits per heavy atom. The third kappa shape index (κ3) is 2.82. The lowest BCUT2D eigenvalue weighted by molar-refractivity contribution is -0.158. The van der Waals surface area contributed by atoms with Crippen molar-refractivity contribution in [3.05, 3.63) is 0 Å². The molecule has 2 saturated carbocycles. The van der Waals surface area contributed by atoms with E-state index < -0.39 is 5.54 Å². The SMILES string of the molecule is CC1CCC(OC(=O)C2(N)CCCC2)CC1C. The number of rotatable bonds is 2. The number of hydrogen-bond donors (Lipinski definition) is 1. The molecular weight excluding hydrogens is 214 g/mol. The predicted octanol–water partition coefficient (Wildman–Crippen LogP) is 2.63. The molecule has 0 aromatic rings. The minimum Gasteiger partial charge on any atom is -0.461 e. The van der Waals surface area contributed by atoms with Crippen LogP contribution in [0.5, 0.6) is 0 Å². The van der Waals surface area contributed by atoms with Crippen LogP contribution in [0.2, 0.25) is 0 Å². The van der Waals surface area contributed by atoms with Gasteiger partial charge in [0.05, 0.1) is 0 Å². The highest BCUT2D eigenvalue weighted by molar-refractivity contribution is 5.81. The number of esters is 1. The summed E-state index contributed by atoms with van der Waals surface area (Å²) in [6.07, 6.45) is 6.99. The molecule has 0 aromatic heterocycles. The van der Waals surface area contributed by atoms with Gasteiger partial charge >= 0.3 is 5.97 Å². The highest BCUT2D eigenvalue weighted by Crippen LogP contribution is 2.33. The second kappa shape index (κ2) is 4.97. The summed E-state index contributed by atoms with van der Waals surface area (Å²) in [5.41, 5.74) is 5.43. The molecule has 2 N–H and O–H groups in total. The van der Waals surface area contributed by atoms with Gasteiger partial charge in [-0.05, 0) is 43.9 Å². The van der Waals surface area contributed by atoms with E-state index in [0.717, 1.165) is 50.9 Å². The molecule has 98 valence electrons. The lowest BCUT2D eigenvalue weighted by atomic mass is 9.80. The Balaban J connectivity index is 1.86. The van der Waals surface area contributed by atoms with Gasteiger partial charge in [-0.3, -0.25) is 4.79 Å². The first kappa shape index (κ1) is 12.9. The highest BCUT2D eigenvalue weighted by Gasteiger charge is 2.40. The van der Waals surface area contributed by atoms with E-state index in [-0.39, 0.29) is 12.1 Å². The molecular formula is C14H25NO2. The molecule has 3 atom stereocenters. The van der Waals surface area contributed by atoms with E-state index in [4.69, 9.17) is 10.5 Å². The van der Waals surface area contributed by atoms with Gasteiger partial charge in [-0.15, -0.1) is 0 Å². The van der Waals surface area contributed by atoms with Crippen LogP contribution in [0.4, 0.5) is 0 Å². The van der Waals surface area contributed by atoms with Crippen molar-refractivity contribution < 1.29 is 9.53 Å². The van der Waals surface area contributed by atoms with Crippen LogP contribution in [-0.4, -0.2) is 17.6 Å². The van der Waals surface area contributed by atoms with Crippen molar-refractivity contribution in [2.45, 2.75) is 70.4 Å². The van der Waals surface area contributed by atoms with Gasteiger partial charge < -0.3 is 10.5 Å². The van der Waals surface area contributed by atoms with Crippen LogP contribution in [0.15, 0.2) is 0 Å². The Bertz CT molecular complexity index is 284. The normalized spacial score (nSPS) is 36.8. The molecule has 2 rings (SSSR count). The smallest absolute Gasteiger partial charge is 0.326 e. The maximum absolute atomic E-state index is 12.1. The second-order valence-electron chi connectivity index (χ2n) is 6.16. The van der Waals surface area contributed by atoms with E-state index in [2.05, 4.69) is 13.8 Å². The molecule has 0 spiro atoms. The monoisotopic (exact) mass is 239 g/mol. The van der Waals surface area contributed by atoms with Gasteiger partial charge in [0.15, 0.2) is 0 Å². The standard InChI is InChI=1S/C14H25NO2/c1-10-5-6-12(9-11(10)2)17-13(16)14(15)7-3-4-8-14/h10-12H,3-9,15H2,1-2H3. The number of ether oxygens (including phenoxy) is 1.